The van der Waals surface area contributed by atoms with Crippen LogP contribution in [0.3, 0.4) is 0 Å². The van der Waals surface area contributed by atoms with Crippen LogP contribution in [0.2, 0.25) is 0 Å². The van der Waals surface area contributed by atoms with Gasteiger partial charge in [-0.15, -0.1) is 0 Å². The SMILES string of the molecule is [B]c1c(C)cc(NOC)cc1C. The molecule has 2 nitrogen and oxygen atoms in total. The van der Waals surface area contributed by atoms with E-state index < -0.39 is 0 Å². The summed E-state index contributed by atoms with van der Waals surface area (Å²) in [5.74, 6) is 0. The topological polar surface area (TPSA) is 21.3 Å². The number of aryl methyl sites for hydroxylation is 2. The first kappa shape index (κ1) is 9.14. The lowest BCUT2D eigenvalue weighted by atomic mass is 9.86. The van der Waals surface area contributed by atoms with Gasteiger partial charge in [0.25, 0.3) is 0 Å². The van der Waals surface area contributed by atoms with Gasteiger partial charge in [-0.2, -0.15) is 0 Å². The van der Waals surface area contributed by atoms with Crippen LogP contribution in [0.15, 0.2) is 12.1 Å². The molecule has 0 unspecified atom stereocenters. The molecule has 12 heavy (non-hydrogen) atoms. The maximum absolute atomic E-state index is 5.78. The summed E-state index contributed by atoms with van der Waals surface area (Å²) in [7, 11) is 7.36. The molecule has 0 amide bonds. The Hall–Kier alpha value is -0.955. The third-order valence-corrected chi connectivity index (χ3v) is 1.81. The maximum atomic E-state index is 5.78. The predicted molar refractivity (Wildman–Crippen MR) is 51.9 cm³/mol. The highest BCUT2D eigenvalue weighted by Crippen LogP contribution is 2.10. The number of hydrogen-bond acceptors (Lipinski definition) is 2. The number of benzene rings is 1. The van der Waals surface area contributed by atoms with Crippen molar-refractivity contribution in [1.82, 2.24) is 0 Å². The Morgan fingerprint density at radius 2 is 1.75 bits per heavy atom. The Kier molecular flexibility index (Phi) is 2.76. The Bertz CT molecular complexity index is 263. The van der Waals surface area contributed by atoms with Gasteiger partial charge in [0.2, 0.25) is 0 Å². The normalized spacial score (nSPS) is 9.92. The van der Waals surface area contributed by atoms with Gasteiger partial charge in [0, 0.05) is 0 Å². The van der Waals surface area contributed by atoms with E-state index in [1.807, 2.05) is 26.0 Å². The fraction of sp³-hybridized carbons (Fsp3) is 0.333. The zero-order chi connectivity index (χ0) is 9.14. The maximum Gasteiger partial charge on any atom is 0.114 e. The standard InChI is InChI=1S/C9H12BNO/c1-6-4-8(11-12-3)5-7(2)9(6)10/h4-5,11H,1-3H3. The van der Waals surface area contributed by atoms with Gasteiger partial charge in [0.05, 0.1) is 12.8 Å². The third-order valence-electron chi connectivity index (χ3n) is 1.81. The van der Waals surface area contributed by atoms with Crippen LogP contribution in [0.25, 0.3) is 0 Å². The second-order valence-electron chi connectivity index (χ2n) is 2.83. The molecule has 1 aromatic rings. The molecule has 0 aliphatic carbocycles. The summed E-state index contributed by atoms with van der Waals surface area (Å²) in [5.41, 5.74) is 6.67. The zero-order valence-electron chi connectivity index (χ0n) is 7.64. The van der Waals surface area contributed by atoms with Crippen molar-refractivity contribution < 1.29 is 4.84 Å². The molecule has 0 aliphatic rings. The minimum Gasteiger partial charge on any atom is -0.279 e. The largest absolute Gasteiger partial charge is 0.279 e. The summed E-state index contributed by atoms with van der Waals surface area (Å²) in [6.45, 7) is 3.95. The van der Waals surface area contributed by atoms with Crippen molar-refractivity contribution in [3.63, 3.8) is 0 Å². The smallest absolute Gasteiger partial charge is 0.114 e. The molecule has 1 rings (SSSR count). The molecule has 0 bridgehead atoms. The highest BCUT2D eigenvalue weighted by Gasteiger charge is 1.98. The molecule has 0 saturated heterocycles. The van der Waals surface area contributed by atoms with E-state index in [9.17, 15) is 0 Å². The molecule has 0 saturated carbocycles. The van der Waals surface area contributed by atoms with Gasteiger partial charge in [-0.3, -0.25) is 10.3 Å². The number of nitrogens with one attached hydrogen (secondary N) is 1. The van der Waals surface area contributed by atoms with Crippen LogP contribution < -0.4 is 10.9 Å². The van der Waals surface area contributed by atoms with Crippen molar-refractivity contribution in [1.29, 1.82) is 0 Å². The van der Waals surface area contributed by atoms with Crippen molar-refractivity contribution in [3.8, 4) is 0 Å². The summed E-state index contributed by atoms with van der Waals surface area (Å²) in [5, 5.41) is 0. The van der Waals surface area contributed by atoms with Crippen LogP contribution >= 0.6 is 0 Å². The van der Waals surface area contributed by atoms with Gasteiger partial charge in [0.15, 0.2) is 0 Å². The minimum atomic E-state index is 0.844. The van der Waals surface area contributed by atoms with Gasteiger partial charge in [-0.1, -0.05) is 16.6 Å². The highest BCUT2D eigenvalue weighted by atomic mass is 16.6. The number of anilines is 1. The van der Waals surface area contributed by atoms with E-state index in [0.717, 1.165) is 22.3 Å². The number of hydrogen-bond donors (Lipinski definition) is 1. The lowest BCUT2D eigenvalue weighted by Gasteiger charge is -2.09. The lowest BCUT2D eigenvalue weighted by Crippen LogP contribution is -2.12. The summed E-state index contributed by atoms with van der Waals surface area (Å²) >= 11 is 0. The first-order valence-electron chi connectivity index (χ1n) is 3.81. The van der Waals surface area contributed by atoms with Gasteiger partial charge < -0.3 is 0 Å². The third kappa shape index (κ3) is 1.80. The lowest BCUT2D eigenvalue weighted by molar-refractivity contribution is 0.271. The van der Waals surface area contributed by atoms with Gasteiger partial charge in [0.1, 0.15) is 7.85 Å². The van der Waals surface area contributed by atoms with Crippen molar-refractivity contribution in [2.24, 2.45) is 0 Å². The van der Waals surface area contributed by atoms with Crippen LogP contribution in [-0.4, -0.2) is 15.0 Å². The average Bonchev–Trinajstić information content (AvgIpc) is 2.01. The van der Waals surface area contributed by atoms with Crippen molar-refractivity contribution in [3.05, 3.63) is 23.3 Å². The van der Waals surface area contributed by atoms with Gasteiger partial charge in [-0.25, -0.2) is 0 Å². The summed E-state index contributed by atoms with van der Waals surface area (Å²) in [6.07, 6.45) is 0. The van der Waals surface area contributed by atoms with Crippen LogP contribution in [0.4, 0.5) is 5.69 Å². The van der Waals surface area contributed by atoms with Crippen LogP contribution in [0.5, 0.6) is 0 Å². The van der Waals surface area contributed by atoms with E-state index in [-0.39, 0.29) is 0 Å². The zero-order valence-corrected chi connectivity index (χ0v) is 7.64. The molecule has 0 fully saturated rings. The van der Waals surface area contributed by atoms with Crippen LogP contribution in [-0.2, 0) is 4.84 Å². The van der Waals surface area contributed by atoms with E-state index in [2.05, 4.69) is 5.48 Å². The van der Waals surface area contributed by atoms with E-state index >= 15 is 0 Å². The van der Waals surface area contributed by atoms with Crippen LogP contribution in [0, 0.1) is 13.8 Å². The average molecular weight is 161 g/mol. The molecule has 0 atom stereocenters. The molecule has 1 N–H and O–H groups in total. The molecular weight excluding hydrogens is 149 g/mol. The summed E-state index contributed by atoms with van der Waals surface area (Å²) in [4.78, 5) is 4.79. The molecule has 0 aromatic heterocycles. The van der Waals surface area contributed by atoms with E-state index in [4.69, 9.17) is 12.7 Å². The second-order valence-corrected chi connectivity index (χ2v) is 2.83. The fourth-order valence-electron chi connectivity index (χ4n) is 1.15. The Labute approximate surface area is 74.3 Å². The molecule has 62 valence electrons. The van der Waals surface area contributed by atoms with E-state index in [1.165, 1.54) is 0 Å². The van der Waals surface area contributed by atoms with Gasteiger partial charge >= 0.3 is 0 Å². The second kappa shape index (κ2) is 3.63. The molecule has 3 heteroatoms. The first-order chi connectivity index (χ1) is 5.65. The molecular formula is C9H12BNO. The highest BCUT2D eigenvalue weighted by molar-refractivity contribution is 6.34. The van der Waals surface area contributed by atoms with E-state index in [0.29, 0.717) is 0 Å². The fourth-order valence-corrected chi connectivity index (χ4v) is 1.15. The van der Waals surface area contributed by atoms with Crippen LogP contribution in [0.1, 0.15) is 11.1 Å². The Balaban J connectivity index is 3.04. The Morgan fingerprint density at radius 1 is 1.25 bits per heavy atom. The number of rotatable bonds is 2. The predicted octanol–water partition coefficient (Wildman–Crippen LogP) is 1.07. The molecule has 0 spiro atoms. The first-order valence-corrected chi connectivity index (χ1v) is 3.81. The summed E-state index contributed by atoms with van der Waals surface area (Å²) in [6, 6.07) is 3.90. The monoisotopic (exact) mass is 161 g/mol. The molecule has 0 heterocycles. The van der Waals surface area contributed by atoms with Crippen molar-refractivity contribution in [2.45, 2.75) is 13.8 Å². The minimum absolute atomic E-state index is 0.844. The quantitative estimate of drug-likeness (QED) is 0.517. The Morgan fingerprint density at radius 3 is 2.17 bits per heavy atom. The molecule has 2 radical (unpaired) electrons. The van der Waals surface area contributed by atoms with E-state index in [1.54, 1.807) is 7.11 Å². The molecule has 0 aliphatic heterocycles. The molecule has 1 aromatic carbocycles. The van der Waals surface area contributed by atoms with Crippen molar-refractivity contribution >= 4 is 19.0 Å². The summed E-state index contributed by atoms with van der Waals surface area (Å²) < 4.78 is 0. The van der Waals surface area contributed by atoms with Gasteiger partial charge in [-0.05, 0) is 26.0 Å². The van der Waals surface area contributed by atoms with Crippen molar-refractivity contribution in [2.75, 3.05) is 12.6 Å².